The van der Waals surface area contributed by atoms with Crippen LogP contribution in [-0.4, -0.2) is 12.1 Å². The lowest BCUT2D eigenvalue weighted by Gasteiger charge is -1.96. The third-order valence-electron chi connectivity index (χ3n) is 1.71. The Bertz CT molecular complexity index is 381. The first-order chi connectivity index (χ1) is 5.90. The standard InChI is InChI=1S/C9H9NO2/c1-11-5-7-2-3-8-9(4-7)12-6-10-8/h2-4,6H,5H2,1H3. The molecule has 12 heavy (non-hydrogen) atoms. The van der Waals surface area contributed by atoms with Gasteiger partial charge in [0.2, 0.25) is 0 Å². The summed E-state index contributed by atoms with van der Waals surface area (Å²) in [6.45, 7) is 0.608. The van der Waals surface area contributed by atoms with Crippen molar-refractivity contribution < 1.29 is 9.15 Å². The lowest BCUT2D eigenvalue weighted by Crippen LogP contribution is -1.85. The van der Waals surface area contributed by atoms with Crippen molar-refractivity contribution in [3.05, 3.63) is 30.2 Å². The van der Waals surface area contributed by atoms with Gasteiger partial charge in [-0.1, -0.05) is 6.07 Å². The minimum atomic E-state index is 0.608. The molecule has 0 radical (unpaired) electrons. The van der Waals surface area contributed by atoms with Crippen LogP contribution in [0.15, 0.2) is 29.0 Å². The van der Waals surface area contributed by atoms with Crippen molar-refractivity contribution in [1.29, 1.82) is 0 Å². The minimum absolute atomic E-state index is 0.608. The van der Waals surface area contributed by atoms with Gasteiger partial charge >= 0.3 is 0 Å². The first-order valence-corrected chi connectivity index (χ1v) is 3.71. The van der Waals surface area contributed by atoms with Gasteiger partial charge in [0, 0.05) is 7.11 Å². The Morgan fingerprint density at radius 1 is 1.50 bits per heavy atom. The fourth-order valence-electron chi connectivity index (χ4n) is 1.16. The van der Waals surface area contributed by atoms with Gasteiger partial charge in [0.15, 0.2) is 12.0 Å². The van der Waals surface area contributed by atoms with Crippen molar-refractivity contribution >= 4 is 11.1 Å². The second-order valence-electron chi connectivity index (χ2n) is 2.59. The minimum Gasteiger partial charge on any atom is -0.443 e. The second-order valence-corrected chi connectivity index (χ2v) is 2.59. The van der Waals surface area contributed by atoms with E-state index in [0.29, 0.717) is 6.61 Å². The summed E-state index contributed by atoms with van der Waals surface area (Å²) in [4.78, 5) is 4.01. The monoisotopic (exact) mass is 163 g/mol. The van der Waals surface area contributed by atoms with Gasteiger partial charge in [0.05, 0.1) is 6.61 Å². The van der Waals surface area contributed by atoms with Crippen LogP contribution in [0.5, 0.6) is 0 Å². The molecule has 1 heterocycles. The van der Waals surface area contributed by atoms with E-state index < -0.39 is 0 Å². The predicted octanol–water partition coefficient (Wildman–Crippen LogP) is 1.97. The number of hydrogen-bond acceptors (Lipinski definition) is 3. The van der Waals surface area contributed by atoms with Gasteiger partial charge in [0.25, 0.3) is 0 Å². The number of oxazole rings is 1. The number of aromatic nitrogens is 1. The maximum Gasteiger partial charge on any atom is 0.181 e. The Hall–Kier alpha value is -1.35. The maximum atomic E-state index is 5.14. The molecule has 0 bridgehead atoms. The van der Waals surface area contributed by atoms with Crippen LogP contribution in [0.3, 0.4) is 0 Å². The van der Waals surface area contributed by atoms with E-state index in [1.54, 1.807) is 7.11 Å². The fourth-order valence-corrected chi connectivity index (χ4v) is 1.16. The lowest BCUT2D eigenvalue weighted by molar-refractivity contribution is 0.185. The molecule has 3 heteroatoms. The average molecular weight is 163 g/mol. The van der Waals surface area contributed by atoms with E-state index in [4.69, 9.17) is 9.15 Å². The van der Waals surface area contributed by atoms with Crippen molar-refractivity contribution in [1.82, 2.24) is 4.98 Å². The highest BCUT2D eigenvalue weighted by molar-refractivity contribution is 5.72. The van der Waals surface area contributed by atoms with Crippen LogP contribution in [0.1, 0.15) is 5.56 Å². The molecule has 62 valence electrons. The lowest BCUT2D eigenvalue weighted by atomic mass is 10.2. The SMILES string of the molecule is COCc1ccc2ncoc2c1. The zero-order chi connectivity index (χ0) is 8.39. The summed E-state index contributed by atoms with van der Waals surface area (Å²) < 4.78 is 10.1. The van der Waals surface area contributed by atoms with Crippen molar-refractivity contribution in [2.75, 3.05) is 7.11 Å². The Kier molecular flexibility index (Phi) is 1.80. The average Bonchev–Trinajstić information content (AvgIpc) is 2.51. The zero-order valence-electron chi connectivity index (χ0n) is 6.78. The maximum absolute atomic E-state index is 5.14. The number of methoxy groups -OCH3 is 1. The first kappa shape index (κ1) is 7.31. The number of ether oxygens (including phenoxy) is 1. The van der Waals surface area contributed by atoms with Crippen molar-refractivity contribution in [2.24, 2.45) is 0 Å². The van der Waals surface area contributed by atoms with Gasteiger partial charge < -0.3 is 9.15 Å². The summed E-state index contributed by atoms with van der Waals surface area (Å²) in [5, 5.41) is 0. The van der Waals surface area contributed by atoms with Crippen LogP contribution >= 0.6 is 0 Å². The van der Waals surface area contributed by atoms with Crippen molar-refractivity contribution in [3.63, 3.8) is 0 Å². The van der Waals surface area contributed by atoms with E-state index in [1.807, 2.05) is 18.2 Å². The van der Waals surface area contributed by atoms with E-state index in [0.717, 1.165) is 16.7 Å². The van der Waals surface area contributed by atoms with Crippen molar-refractivity contribution in [2.45, 2.75) is 6.61 Å². The van der Waals surface area contributed by atoms with Crippen LogP contribution in [0.4, 0.5) is 0 Å². The first-order valence-electron chi connectivity index (χ1n) is 3.71. The van der Waals surface area contributed by atoms with Crippen LogP contribution in [-0.2, 0) is 11.3 Å². The molecule has 0 aliphatic rings. The molecule has 0 atom stereocenters. The highest BCUT2D eigenvalue weighted by Crippen LogP contribution is 2.14. The summed E-state index contributed by atoms with van der Waals surface area (Å²) in [7, 11) is 1.67. The Balaban J connectivity index is 2.46. The van der Waals surface area contributed by atoms with Crippen LogP contribution < -0.4 is 0 Å². The second kappa shape index (κ2) is 2.95. The quantitative estimate of drug-likeness (QED) is 0.679. The van der Waals surface area contributed by atoms with Gasteiger partial charge in [0.1, 0.15) is 5.52 Å². The molecule has 1 aromatic heterocycles. The third-order valence-corrected chi connectivity index (χ3v) is 1.71. The summed E-state index contributed by atoms with van der Waals surface area (Å²) in [5.74, 6) is 0. The molecule has 0 spiro atoms. The number of fused-ring (bicyclic) bond motifs is 1. The zero-order valence-corrected chi connectivity index (χ0v) is 6.78. The number of benzene rings is 1. The molecule has 0 N–H and O–H groups in total. The molecule has 0 aliphatic carbocycles. The van der Waals surface area contributed by atoms with Crippen LogP contribution in [0.25, 0.3) is 11.1 Å². The summed E-state index contributed by atoms with van der Waals surface area (Å²) in [5.41, 5.74) is 2.79. The summed E-state index contributed by atoms with van der Waals surface area (Å²) in [6, 6.07) is 5.84. The summed E-state index contributed by atoms with van der Waals surface area (Å²) in [6.07, 6.45) is 1.45. The van der Waals surface area contributed by atoms with Gasteiger partial charge in [-0.05, 0) is 17.7 Å². The van der Waals surface area contributed by atoms with E-state index in [1.165, 1.54) is 6.39 Å². The van der Waals surface area contributed by atoms with E-state index in [9.17, 15) is 0 Å². The topological polar surface area (TPSA) is 35.3 Å². The Labute approximate surface area is 70.0 Å². The molecule has 2 aromatic rings. The number of rotatable bonds is 2. The van der Waals surface area contributed by atoms with Crippen molar-refractivity contribution in [3.8, 4) is 0 Å². The van der Waals surface area contributed by atoms with Gasteiger partial charge in [-0.15, -0.1) is 0 Å². The molecule has 1 aromatic carbocycles. The normalized spacial score (nSPS) is 10.8. The molecule has 2 rings (SSSR count). The Morgan fingerprint density at radius 2 is 2.42 bits per heavy atom. The van der Waals surface area contributed by atoms with E-state index in [-0.39, 0.29) is 0 Å². The highest BCUT2D eigenvalue weighted by Gasteiger charge is 1.98. The summed E-state index contributed by atoms with van der Waals surface area (Å²) >= 11 is 0. The number of hydrogen-bond donors (Lipinski definition) is 0. The number of nitrogens with zero attached hydrogens (tertiary/aromatic N) is 1. The highest BCUT2D eigenvalue weighted by atomic mass is 16.5. The molecule has 0 saturated carbocycles. The Morgan fingerprint density at radius 3 is 3.25 bits per heavy atom. The molecule has 0 fully saturated rings. The molecule has 0 unspecified atom stereocenters. The predicted molar refractivity (Wildman–Crippen MR) is 44.7 cm³/mol. The van der Waals surface area contributed by atoms with Crippen LogP contribution in [0.2, 0.25) is 0 Å². The molecule has 3 nitrogen and oxygen atoms in total. The largest absolute Gasteiger partial charge is 0.443 e. The molecule has 0 saturated heterocycles. The van der Waals surface area contributed by atoms with Gasteiger partial charge in [-0.25, -0.2) is 4.98 Å². The molecule has 0 aliphatic heterocycles. The molecular formula is C9H9NO2. The van der Waals surface area contributed by atoms with Crippen LogP contribution in [0, 0.1) is 0 Å². The van der Waals surface area contributed by atoms with Gasteiger partial charge in [-0.2, -0.15) is 0 Å². The molecular weight excluding hydrogens is 154 g/mol. The van der Waals surface area contributed by atoms with E-state index >= 15 is 0 Å². The fraction of sp³-hybridized carbons (Fsp3) is 0.222. The molecule has 0 amide bonds. The smallest absolute Gasteiger partial charge is 0.181 e. The third kappa shape index (κ3) is 1.19. The van der Waals surface area contributed by atoms with E-state index in [2.05, 4.69) is 4.98 Å². The van der Waals surface area contributed by atoms with Gasteiger partial charge in [-0.3, -0.25) is 0 Å².